The Bertz CT molecular complexity index is 1590. The van der Waals surface area contributed by atoms with Gasteiger partial charge >= 0.3 is 0 Å². The molecule has 2 aromatic heterocycles. The van der Waals surface area contributed by atoms with Crippen LogP contribution in [0.5, 0.6) is 0 Å². The first-order valence-corrected chi connectivity index (χ1v) is 15.1. The Morgan fingerprint density at radius 1 is 1.17 bits per heavy atom. The number of piperidine rings is 1. The van der Waals surface area contributed by atoms with Crippen molar-refractivity contribution < 1.29 is 23.6 Å². The van der Waals surface area contributed by atoms with Crippen LogP contribution in [0.2, 0.25) is 0 Å². The third-order valence-electron chi connectivity index (χ3n) is 9.30. The minimum absolute atomic E-state index is 0.0242. The van der Waals surface area contributed by atoms with Gasteiger partial charge in [-0.1, -0.05) is 26.7 Å². The predicted molar refractivity (Wildman–Crippen MR) is 153 cm³/mol. The third kappa shape index (κ3) is 5.03. The molecule has 0 unspecified atom stereocenters. The number of carbonyl (C=O) groups excluding carboxylic acids is 4. The Balaban J connectivity index is 1.45. The molecule has 2 amide bonds. The van der Waals surface area contributed by atoms with E-state index in [1.807, 2.05) is 19.1 Å². The summed E-state index contributed by atoms with van der Waals surface area (Å²) in [6, 6.07) is 3.21. The third-order valence-corrected chi connectivity index (χ3v) is 9.30. The van der Waals surface area contributed by atoms with Crippen LogP contribution in [0.15, 0.2) is 16.5 Å². The van der Waals surface area contributed by atoms with Crippen LogP contribution in [0.4, 0.5) is 0 Å². The van der Waals surface area contributed by atoms with Crippen LogP contribution in [0, 0.1) is 18.3 Å². The van der Waals surface area contributed by atoms with Gasteiger partial charge < -0.3 is 14.6 Å². The van der Waals surface area contributed by atoms with E-state index in [2.05, 4.69) is 27.5 Å². The molecule has 2 aliphatic heterocycles. The van der Waals surface area contributed by atoms with E-state index in [0.717, 1.165) is 36.8 Å². The summed E-state index contributed by atoms with van der Waals surface area (Å²) < 4.78 is 7.36. The molecule has 3 aliphatic rings. The fourth-order valence-corrected chi connectivity index (χ4v) is 7.04. The predicted octanol–water partition coefficient (Wildman–Crippen LogP) is 3.80. The van der Waals surface area contributed by atoms with Crippen LogP contribution in [0.3, 0.4) is 0 Å². The summed E-state index contributed by atoms with van der Waals surface area (Å²) in [6.07, 6.45) is 5.47. The van der Waals surface area contributed by atoms with Crippen LogP contribution in [-0.2, 0) is 27.3 Å². The van der Waals surface area contributed by atoms with Crippen molar-refractivity contribution in [1.29, 1.82) is 0 Å². The number of rotatable bonds is 4. The maximum Gasteiger partial charge on any atom is 0.247 e. The van der Waals surface area contributed by atoms with Crippen molar-refractivity contribution in [3.8, 4) is 11.5 Å². The van der Waals surface area contributed by atoms with Gasteiger partial charge in [-0.2, -0.15) is 5.10 Å². The second kappa shape index (κ2) is 10.7. The topological polar surface area (TPSA) is 140 Å². The molecule has 1 N–H and O–H groups in total. The summed E-state index contributed by atoms with van der Waals surface area (Å²) >= 11 is 0. The average molecular weight is 575 g/mol. The van der Waals surface area contributed by atoms with Gasteiger partial charge in [0.25, 0.3) is 0 Å². The number of ketones is 2. The van der Waals surface area contributed by atoms with Gasteiger partial charge in [-0.15, -0.1) is 10.2 Å². The molecule has 11 nitrogen and oxygen atoms in total. The Labute approximate surface area is 244 Å². The maximum absolute atomic E-state index is 14.0. The lowest BCUT2D eigenvalue weighted by atomic mass is 9.95. The highest BCUT2D eigenvalue weighted by Gasteiger charge is 2.66. The van der Waals surface area contributed by atoms with Crippen molar-refractivity contribution in [1.82, 2.24) is 30.2 Å². The van der Waals surface area contributed by atoms with E-state index >= 15 is 0 Å². The molecule has 2 fully saturated rings. The molecule has 11 heteroatoms. The molecule has 1 aromatic carbocycles. The molecule has 222 valence electrons. The van der Waals surface area contributed by atoms with Crippen LogP contribution < -0.4 is 5.32 Å². The maximum atomic E-state index is 14.0. The highest BCUT2D eigenvalue weighted by Crippen LogP contribution is 2.59. The van der Waals surface area contributed by atoms with E-state index in [1.165, 1.54) is 6.92 Å². The summed E-state index contributed by atoms with van der Waals surface area (Å²) in [5, 5.41) is 16.6. The smallest absolute Gasteiger partial charge is 0.247 e. The number of amides is 2. The monoisotopic (exact) mass is 574 g/mol. The van der Waals surface area contributed by atoms with Crippen molar-refractivity contribution >= 4 is 34.3 Å². The van der Waals surface area contributed by atoms with E-state index in [0.29, 0.717) is 55.0 Å². The summed E-state index contributed by atoms with van der Waals surface area (Å²) in [5.41, 5.74) is 2.38. The van der Waals surface area contributed by atoms with Gasteiger partial charge in [0.1, 0.15) is 12.2 Å². The van der Waals surface area contributed by atoms with Gasteiger partial charge in [-0.05, 0) is 49.3 Å². The number of hydrogen-bond acceptors (Lipinski definition) is 8. The SMILES string of the molecule is CCC(=O)[C@@H]1C[C@]23CNC(=O)C[C@@H](C)CCCCc4cc(-c5nnc(C)o5)cc5c(C(C)=O)nn(c45)CC(=O)N1[C@@H]2C3. The summed E-state index contributed by atoms with van der Waals surface area (Å²) in [6.45, 7) is 7.50. The molecule has 4 heterocycles. The first kappa shape index (κ1) is 28.2. The number of aromatic nitrogens is 4. The van der Waals surface area contributed by atoms with Gasteiger partial charge in [0, 0.05) is 55.6 Å². The van der Waals surface area contributed by atoms with E-state index < -0.39 is 6.04 Å². The summed E-state index contributed by atoms with van der Waals surface area (Å²) in [7, 11) is 0. The Morgan fingerprint density at radius 3 is 2.69 bits per heavy atom. The Kier molecular flexibility index (Phi) is 7.22. The zero-order valence-corrected chi connectivity index (χ0v) is 24.7. The first-order chi connectivity index (χ1) is 20.1. The number of nitrogens with one attached hydrogen (secondary N) is 1. The molecule has 6 rings (SSSR count). The lowest BCUT2D eigenvalue weighted by molar-refractivity contribution is -0.139. The molecular weight excluding hydrogens is 536 g/mol. The second-order valence-corrected chi connectivity index (χ2v) is 12.5. The van der Waals surface area contributed by atoms with E-state index in [1.54, 1.807) is 16.5 Å². The Hall–Kier alpha value is -3.89. The molecule has 1 saturated carbocycles. The summed E-state index contributed by atoms with van der Waals surface area (Å²) in [4.78, 5) is 54.4. The molecule has 4 atom stereocenters. The standard InChI is InChI=1S/C31H38N6O5/c1-5-24(39)23-13-31-14-25(31)37(23)27(41)15-36-29-20(9-7-6-8-17(2)10-26(40)32-16-31)11-21(30-34-33-19(4)42-30)12-22(29)28(35-36)18(3)38/h11-12,17,23,25H,5-10,13-16H2,1-4H3,(H,32,40)/t17-,23-,25+,31-/m0/s1. The molecule has 0 radical (unpaired) electrons. The van der Waals surface area contributed by atoms with Crippen molar-refractivity contribution in [2.75, 3.05) is 6.54 Å². The van der Waals surface area contributed by atoms with E-state index in [9.17, 15) is 19.2 Å². The molecule has 2 bridgehead atoms. The lowest BCUT2D eigenvalue weighted by Crippen LogP contribution is -2.44. The zero-order valence-electron chi connectivity index (χ0n) is 24.7. The van der Waals surface area contributed by atoms with Crippen LogP contribution in [0.1, 0.15) is 87.7 Å². The number of hydrogen-bond donors (Lipinski definition) is 1. The minimum Gasteiger partial charge on any atom is -0.421 e. The van der Waals surface area contributed by atoms with E-state index in [4.69, 9.17) is 4.42 Å². The van der Waals surface area contributed by atoms with Crippen LogP contribution >= 0.6 is 0 Å². The van der Waals surface area contributed by atoms with E-state index in [-0.39, 0.29) is 53.0 Å². The quantitative estimate of drug-likeness (QED) is 0.464. The zero-order chi connectivity index (χ0) is 29.8. The first-order valence-electron chi connectivity index (χ1n) is 15.1. The van der Waals surface area contributed by atoms with Crippen molar-refractivity contribution in [3.05, 3.63) is 29.3 Å². The van der Waals surface area contributed by atoms with Gasteiger partial charge in [0.2, 0.25) is 23.6 Å². The highest BCUT2D eigenvalue weighted by atomic mass is 16.4. The largest absolute Gasteiger partial charge is 0.421 e. The van der Waals surface area contributed by atoms with Gasteiger partial charge in [-0.3, -0.25) is 23.9 Å². The molecule has 3 aromatic rings. The molecule has 1 aliphatic carbocycles. The van der Waals surface area contributed by atoms with Crippen LogP contribution in [0.25, 0.3) is 22.4 Å². The number of carbonyl (C=O) groups is 4. The van der Waals surface area contributed by atoms with Crippen molar-refractivity contribution in [2.45, 2.75) is 97.7 Å². The minimum atomic E-state index is -0.517. The summed E-state index contributed by atoms with van der Waals surface area (Å²) in [5.74, 6) is 0.673. The highest BCUT2D eigenvalue weighted by molar-refractivity contribution is 6.07. The fraction of sp³-hybridized carbons (Fsp3) is 0.581. The molecule has 1 saturated heterocycles. The van der Waals surface area contributed by atoms with Crippen molar-refractivity contribution in [2.24, 2.45) is 11.3 Å². The number of Topliss-reactive ketones (excluding diaryl/α,β-unsaturated/α-hetero) is 2. The number of nitrogens with zero attached hydrogens (tertiary/aromatic N) is 5. The number of benzene rings is 1. The van der Waals surface area contributed by atoms with Gasteiger partial charge in [0.05, 0.1) is 11.6 Å². The van der Waals surface area contributed by atoms with Crippen LogP contribution in [-0.4, -0.2) is 66.9 Å². The average Bonchev–Trinajstić information content (AvgIpc) is 3.22. The van der Waals surface area contributed by atoms with Gasteiger partial charge in [-0.25, -0.2) is 0 Å². The number of aryl methyl sites for hydroxylation is 2. The second-order valence-electron chi connectivity index (χ2n) is 12.5. The van der Waals surface area contributed by atoms with Gasteiger partial charge in [0.15, 0.2) is 11.6 Å². The molecule has 0 spiro atoms. The Morgan fingerprint density at radius 2 is 1.98 bits per heavy atom. The molecular formula is C31H38N6O5. The fourth-order valence-electron chi connectivity index (χ4n) is 7.04. The molecule has 42 heavy (non-hydrogen) atoms. The van der Waals surface area contributed by atoms with Crippen molar-refractivity contribution in [3.63, 3.8) is 0 Å². The normalized spacial score (nSPS) is 26.6. The lowest BCUT2D eigenvalue weighted by Gasteiger charge is -2.26.